The van der Waals surface area contributed by atoms with Gasteiger partial charge in [-0.1, -0.05) is 72.3 Å². The number of carbonyl (C=O) groups excluding carboxylic acids is 1. The zero-order valence-electron chi connectivity index (χ0n) is 18.6. The number of aromatic nitrogens is 5. The van der Waals surface area contributed by atoms with Gasteiger partial charge in [0.2, 0.25) is 5.95 Å². The summed E-state index contributed by atoms with van der Waals surface area (Å²) < 4.78 is 8.94. The number of halogens is 1. The van der Waals surface area contributed by atoms with Gasteiger partial charge in [-0.2, -0.15) is 5.10 Å². The number of carbonyl (C=O) groups is 1. The largest absolute Gasteiger partial charge is 0.471 e. The summed E-state index contributed by atoms with van der Waals surface area (Å²) in [5.41, 5.74) is 3.39. The van der Waals surface area contributed by atoms with Crippen molar-refractivity contribution in [3.63, 3.8) is 0 Å². The topological polar surface area (TPSA) is 86.9 Å². The Morgan fingerprint density at radius 3 is 2.40 bits per heavy atom. The summed E-state index contributed by atoms with van der Waals surface area (Å²) >= 11 is 6.19. The summed E-state index contributed by atoms with van der Waals surface area (Å²) in [7, 11) is 0. The van der Waals surface area contributed by atoms with Gasteiger partial charge in [-0.15, -0.1) is 5.10 Å². The molecule has 9 heteroatoms. The Kier molecular flexibility index (Phi) is 6.54. The summed E-state index contributed by atoms with van der Waals surface area (Å²) in [6.45, 7) is 0.615. The van der Waals surface area contributed by atoms with Gasteiger partial charge in [0.05, 0.1) is 6.54 Å². The number of anilines is 1. The lowest BCUT2D eigenvalue weighted by atomic mass is 10.1. The van der Waals surface area contributed by atoms with Crippen LogP contribution < -0.4 is 10.1 Å². The van der Waals surface area contributed by atoms with Crippen molar-refractivity contribution < 1.29 is 9.53 Å². The smallest absolute Gasteiger partial charge is 0.278 e. The fourth-order valence-electron chi connectivity index (χ4n) is 3.46. The maximum Gasteiger partial charge on any atom is 0.278 e. The van der Waals surface area contributed by atoms with Crippen LogP contribution >= 0.6 is 11.6 Å². The fraction of sp³-hybridized carbons (Fsp3) is 0.0769. The number of nitrogens with one attached hydrogen (secondary N) is 1. The van der Waals surface area contributed by atoms with Gasteiger partial charge < -0.3 is 4.74 Å². The Balaban J connectivity index is 1.15. The number of rotatable bonds is 8. The summed E-state index contributed by atoms with van der Waals surface area (Å²) in [6, 6.07) is 27.1. The molecule has 8 nitrogen and oxygen atoms in total. The molecule has 0 radical (unpaired) electrons. The van der Waals surface area contributed by atoms with Gasteiger partial charge in [0.15, 0.2) is 12.4 Å². The van der Waals surface area contributed by atoms with E-state index < -0.39 is 5.91 Å². The Hall–Kier alpha value is -4.43. The number of ether oxygens (including phenoxy) is 1. The van der Waals surface area contributed by atoms with Crippen LogP contribution in [0.15, 0.2) is 97.5 Å². The van der Waals surface area contributed by atoms with E-state index in [1.807, 2.05) is 66.7 Å². The second kappa shape index (κ2) is 10.2. The first-order valence-corrected chi connectivity index (χ1v) is 11.3. The van der Waals surface area contributed by atoms with Gasteiger partial charge in [-0.25, -0.2) is 14.3 Å². The molecule has 2 heterocycles. The molecule has 1 N–H and O–H groups in total. The number of benzene rings is 3. The minimum atomic E-state index is -0.411. The van der Waals surface area contributed by atoms with E-state index in [-0.39, 0.29) is 18.4 Å². The lowest BCUT2D eigenvalue weighted by Crippen LogP contribution is -2.15. The molecule has 0 aliphatic rings. The quantitative estimate of drug-likeness (QED) is 0.330. The third-order valence-corrected chi connectivity index (χ3v) is 5.62. The van der Waals surface area contributed by atoms with Crippen LogP contribution in [0.25, 0.3) is 11.1 Å². The van der Waals surface area contributed by atoms with Gasteiger partial charge in [0, 0.05) is 11.2 Å². The van der Waals surface area contributed by atoms with E-state index >= 15 is 0 Å². The third-order valence-electron chi connectivity index (χ3n) is 5.25. The molecule has 0 saturated carbocycles. The molecule has 35 heavy (non-hydrogen) atoms. The van der Waals surface area contributed by atoms with Crippen molar-refractivity contribution in [3.05, 3.63) is 114 Å². The predicted molar refractivity (Wildman–Crippen MR) is 133 cm³/mol. The standard InChI is InChI=1S/C26H21ClN6O2/c27-23-9-5-4-8-21(23)16-33-17-28-26(31-33)29-25(34)24-14-15-32(30-24)18-35-22-12-10-20(11-13-22)19-6-2-1-3-7-19/h1-15,17H,16,18H2,(H,29,31,34). The lowest BCUT2D eigenvalue weighted by Gasteiger charge is -2.07. The van der Waals surface area contributed by atoms with Gasteiger partial charge >= 0.3 is 0 Å². The highest BCUT2D eigenvalue weighted by molar-refractivity contribution is 6.31. The van der Waals surface area contributed by atoms with Crippen molar-refractivity contribution in [2.75, 3.05) is 5.32 Å². The summed E-state index contributed by atoms with van der Waals surface area (Å²) in [5, 5.41) is 11.9. The second-order valence-electron chi connectivity index (χ2n) is 7.72. The van der Waals surface area contributed by atoms with Crippen LogP contribution in [0, 0.1) is 0 Å². The van der Waals surface area contributed by atoms with E-state index in [0.717, 1.165) is 16.7 Å². The molecule has 0 saturated heterocycles. The minimum Gasteiger partial charge on any atom is -0.471 e. The Bertz CT molecular complexity index is 1430. The number of hydrogen-bond acceptors (Lipinski definition) is 5. The average Bonchev–Trinajstić information content (AvgIpc) is 3.55. The van der Waals surface area contributed by atoms with Crippen LogP contribution in [0.4, 0.5) is 5.95 Å². The van der Waals surface area contributed by atoms with Gasteiger partial charge in [0.25, 0.3) is 5.91 Å². The van der Waals surface area contributed by atoms with E-state index in [1.54, 1.807) is 21.6 Å². The predicted octanol–water partition coefficient (Wildman–Crippen LogP) is 5.13. The highest BCUT2D eigenvalue weighted by Gasteiger charge is 2.13. The molecule has 0 atom stereocenters. The monoisotopic (exact) mass is 484 g/mol. The molecule has 3 aromatic carbocycles. The van der Waals surface area contributed by atoms with Crippen molar-refractivity contribution in [2.24, 2.45) is 0 Å². The molecule has 0 bridgehead atoms. The number of hydrogen-bond donors (Lipinski definition) is 1. The van der Waals surface area contributed by atoms with E-state index in [9.17, 15) is 4.79 Å². The first-order valence-electron chi connectivity index (χ1n) is 10.9. The third kappa shape index (κ3) is 5.56. The van der Waals surface area contributed by atoms with Gasteiger partial charge in [0.1, 0.15) is 12.1 Å². The minimum absolute atomic E-state index is 0.169. The first-order chi connectivity index (χ1) is 17.1. The van der Waals surface area contributed by atoms with Crippen LogP contribution in [-0.4, -0.2) is 30.5 Å². The van der Waals surface area contributed by atoms with Crippen LogP contribution in [0.5, 0.6) is 5.75 Å². The molecule has 0 spiro atoms. The number of amides is 1. The van der Waals surface area contributed by atoms with Crippen molar-refractivity contribution >= 4 is 23.5 Å². The maximum absolute atomic E-state index is 12.6. The van der Waals surface area contributed by atoms with E-state index in [0.29, 0.717) is 17.3 Å². The van der Waals surface area contributed by atoms with E-state index in [2.05, 4.69) is 32.6 Å². The van der Waals surface area contributed by atoms with E-state index in [4.69, 9.17) is 16.3 Å². The molecule has 5 rings (SSSR count). The Morgan fingerprint density at radius 1 is 0.857 bits per heavy atom. The zero-order valence-corrected chi connectivity index (χ0v) is 19.3. The average molecular weight is 485 g/mol. The van der Waals surface area contributed by atoms with Crippen molar-refractivity contribution in [3.8, 4) is 16.9 Å². The summed E-state index contributed by atoms with van der Waals surface area (Å²) in [6.07, 6.45) is 3.21. The molecule has 0 aliphatic heterocycles. The zero-order chi connectivity index (χ0) is 24.0. The molecule has 2 aromatic heterocycles. The SMILES string of the molecule is O=C(Nc1ncn(Cc2ccccc2Cl)n1)c1ccn(COc2ccc(-c3ccccc3)cc2)n1. The van der Waals surface area contributed by atoms with Crippen molar-refractivity contribution in [1.29, 1.82) is 0 Å². The summed E-state index contributed by atoms with van der Waals surface area (Å²) in [5.74, 6) is 0.484. The Labute approximate surface area is 206 Å². The van der Waals surface area contributed by atoms with Crippen molar-refractivity contribution in [1.82, 2.24) is 24.5 Å². The van der Waals surface area contributed by atoms with Crippen LogP contribution in [-0.2, 0) is 13.3 Å². The van der Waals surface area contributed by atoms with Crippen LogP contribution in [0.2, 0.25) is 5.02 Å². The molecule has 174 valence electrons. The fourth-order valence-corrected chi connectivity index (χ4v) is 3.66. The molecular formula is C26H21ClN6O2. The number of nitrogens with zero attached hydrogens (tertiary/aromatic N) is 5. The van der Waals surface area contributed by atoms with Crippen LogP contribution in [0.1, 0.15) is 16.1 Å². The molecule has 0 unspecified atom stereocenters. The highest BCUT2D eigenvalue weighted by atomic mass is 35.5. The highest BCUT2D eigenvalue weighted by Crippen LogP contribution is 2.22. The molecule has 1 amide bonds. The van der Waals surface area contributed by atoms with E-state index in [1.165, 1.54) is 6.33 Å². The molecular weight excluding hydrogens is 464 g/mol. The first kappa shape index (κ1) is 22.4. The summed E-state index contributed by atoms with van der Waals surface area (Å²) in [4.78, 5) is 16.7. The lowest BCUT2D eigenvalue weighted by molar-refractivity contribution is 0.101. The molecule has 0 aliphatic carbocycles. The van der Waals surface area contributed by atoms with Crippen molar-refractivity contribution in [2.45, 2.75) is 13.3 Å². The van der Waals surface area contributed by atoms with Gasteiger partial charge in [-0.3, -0.25) is 10.1 Å². The normalized spacial score (nSPS) is 10.8. The maximum atomic E-state index is 12.6. The molecule has 0 fully saturated rings. The Morgan fingerprint density at radius 2 is 1.60 bits per heavy atom. The molecule has 5 aromatic rings. The van der Waals surface area contributed by atoms with Crippen LogP contribution in [0.3, 0.4) is 0 Å². The van der Waals surface area contributed by atoms with Gasteiger partial charge in [-0.05, 0) is 41.0 Å². The second-order valence-corrected chi connectivity index (χ2v) is 8.12.